The molecule has 0 aliphatic carbocycles. The molecular formula is C18H13N2+. The fourth-order valence-electron chi connectivity index (χ4n) is 2.67. The largest absolute Gasteiger partial charge is 0.256 e. The van der Waals surface area contributed by atoms with Crippen molar-refractivity contribution >= 4 is 21.8 Å². The van der Waals surface area contributed by atoms with E-state index in [4.69, 9.17) is 0 Å². The number of nitrogens with zero attached hydrogens (tertiary/aromatic N) is 2. The van der Waals surface area contributed by atoms with Crippen LogP contribution in [-0.2, 0) is 0 Å². The highest BCUT2D eigenvalue weighted by atomic mass is 15.0. The molecular weight excluding hydrogens is 244 g/mol. The van der Waals surface area contributed by atoms with E-state index in [-0.39, 0.29) is 0 Å². The molecule has 0 N–H and O–H groups in total. The molecule has 0 saturated heterocycles. The molecule has 2 aromatic heterocycles. The highest BCUT2D eigenvalue weighted by Gasteiger charge is 2.14. The van der Waals surface area contributed by atoms with Crippen molar-refractivity contribution in [2.45, 2.75) is 0 Å². The average molecular weight is 257 g/mol. The lowest BCUT2D eigenvalue weighted by Gasteiger charge is -2.03. The molecule has 0 radical (unpaired) electrons. The second kappa shape index (κ2) is 4.42. The lowest BCUT2D eigenvalue weighted by atomic mass is 10.1. The van der Waals surface area contributed by atoms with Crippen LogP contribution in [0.2, 0.25) is 0 Å². The number of aromatic nitrogens is 2. The summed E-state index contributed by atoms with van der Waals surface area (Å²) in [6.07, 6.45) is 3.93. The van der Waals surface area contributed by atoms with Crippen LogP contribution in [0.1, 0.15) is 0 Å². The SMILES string of the molecule is c1ccc2c(c1)ccc[n+]2-c1cccc2ncccc12. The van der Waals surface area contributed by atoms with Gasteiger partial charge in [-0.1, -0.05) is 18.2 Å². The number of hydrogen-bond donors (Lipinski definition) is 0. The molecule has 4 aromatic rings. The summed E-state index contributed by atoms with van der Waals surface area (Å²) in [5.41, 5.74) is 3.38. The van der Waals surface area contributed by atoms with Crippen LogP contribution in [0.25, 0.3) is 27.5 Å². The van der Waals surface area contributed by atoms with Crippen molar-refractivity contribution in [3.8, 4) is 5.69 Å². The normalized spacial score (nSPS) is 11.0. The molecule has 2 aromatic carbocycles. The molecule has 0 saturated carbocycles. The van der Waals surface area contributed by atoms with E-state index in [1.165, 1.54) is 10.9 Å². The van der Waals surface area contributed by atoms with Gasteiger partial charge in [0.15, 0.2) is 6.20 Å². The minimum Gasteiger partial charge on any atom is -0.256 e. The standard InChI is InChI=1S/C18H13N2/c1-2-10-17-14(6-1)7-5-13-20(17)18-11-3-9-16-15(18)8-4-12-19-16/h1-13H/q+1. The average Bonchev–Trinajstić information content (AvgIpc) is 2.54. The number of rotatable bonds is 1. The molecule has 0 amide bonds. The molecule has 4 rings (SSSR count). The van der Waals surface area contributed by atoms with Gasteiger partial charge in [0.2, 0.25) is 11.2 Å². The van der Waals surface area contributed by atoms with Gasteiger partial charge in [-0.3, -0.25) is 4.98 Å². The Morgan fingerprint density at radius 3 is 2.65 bits per heavy atom. The maximum Gasteiger partial charge on any atom is 0.220 e. The molecule has 0 atom stereocenters. The van der Waals surface area contributed by atoms with Crippen molar-refractivity contribution in [2.75, 3.05) is 0 Å². The van der Waals surface area contributed by atoms with Gasteiger partial charge < -0.3 is 0 Å². The van der Waals surface area contributed by atoms with Crippen molar-refractivity contribution in [3.63, 3.8) is 0 Å². The van der Waals surface area contributed by atoms with Crippen molar-refractivity contribution in [3.05, 3.63) is 79.1 Å². The van der Waals surface area contributed by atoms with Gasteiger partial charge in [-0.05, 0) is 30.3 Å². The van der Waals surface area contributed by atoms with Gasteiger partial charge in [-0.25, -0.2) is 0 Å². The summed E-state index contributed by atoms with van der Waals surface area (Å²) in [4.78, 5) is 4.43. The second-order valence-electron chi connectivity index (χ2n) is 4.78. The van der Waals surface area contributed by atoms with Gasteiger partial charge in [0.05, 0.1) is 10.9 Å². The van der Waals surface area contributed by atoms with E-state index in [2.05, 4.69) is 70.3 Å². The van der Waals surface area contributed by atoms with Gasteiger partial charge in [-0.2, -0.15) is 4.57 Å². The molecule has 0 fully saturated rings. The number of hydrogen-bond acceptors (Lipinski definition) is 1. The molecule has 2 nitrogen and oxygen atoms in total. The topological polar surface area (TPSA) is 16.8 Å². The Morgan fingerprint density at radius 1 is 0.750 bits per heavy atom. The second-order valence-corrected chi connectivity index (χ2v) is 4.78. The third-order valence-electron chi connectivity index (χ3n) is 3.59. The van der Waals surface area contributed by atoms with Crippen LogP contribution < -0.4 is 4.57 Å². The van der Waals surface area contributed by atoms with Gasteiger partial charge in [-0.15, -0.1) is 0 Å². The van der Waals surface area contributed by atoms with Crippen LogP contribution in [0, 0.1) is 0 Å². The molecule has 94 valence electrons. The van der Waals surface area contributed by atoms with Crippen LogP contribution in [0.3, 0.4) is 0 Å². The van der Waals surface area contributed by atoms with Crippen LogP contribution in [0.4, 0.5) is 0 Å². The van der Waals surface area contributed by atoms with Crippen molar-refractivity contribution in [1.29, 1.82) is 0 Å². The van der Waals surface area contributed by atoms with E-state index in [0.717, 1.165) is 16.6 Å². The van der Waals surface area contributed by atoms with E-state index in [1.807, 2.05) is 18.3 Å². The number of benzene rings is 2. The Labute approximate surface area is 117 Å². The first-order valence-corrected chi connectivity index (χ1v) is 6.67. The Kier molecular flexibility index (Phi) is 2.46. The first-order valence-electron chi connectivity index (χ1n) is 6.67. The minimum atomic E-state index is 1.02. The third-order valence-corrected chi connectivity index (χ3v) is 3.59. The smallest absolute Gasteiger partial charge is 0.220 e. The molecule has 0 spiro atoms. The van der Waals surface area contributed by atoms with Crippen LogP contribution in [0.5, 0.6) is 0 Å². The molecule has 2 heterocycles. The maximum atomic E-state index is 4.43. The summed E-state index contributed by atoms with van der Waals surface area (Å²) < 4.78 is 2.22. The van der Waals surface area contributed by atoms with Gasteiger partial charge in [0, 0.05) is 29.8 Å². The lowest BCUT2D eigenvalue weighted by molar-refractivity contribution is -0.565. The molecule has 0 unspecified atom stereocenters. The zero-order valence-electron chi connectivity index (χ0n) is 10.9. The summed E-state index contributed by atoms with van der Waals surface area (Å²) in [7, 11) is 0. The van der Waals surface area contributed by atoms with Crippen molar-refractivity contribution < 1.29 is 4.57 Å². The monoisotopic (exact) mass is 257 g/mol. The third kappa shape index (κ3) is 1.66. The van der Waals surface area contributed by atoms with Gasteiger partial charge >= 0.3 is 0 Å². The molecule has 2 heteroatoms. The summed E-state index contributed by atoms with van der Waals surface area (Å²) in [6.45, 7) is 0. The lowest BCUT2D eigenvalue weighted by Crippen LogP contribution is -2.31. The predicted octanol–water partition coefficient (Wildman–Crippen LogP) is 3.66. The summed E-state index contributed by atoms with van der Waals surface area (Å²) in [5.74, 6) is 0. The Morgan fingerprint density at radius 2 is 1.65 bits per heavy atom. The number of para-hydroxylation sites is 1. The van der Waals surface area contributed by atoms with E-state index >= 15 is 0 Å². The van der Waals surface area contributed by atoms with E-state index in [0.29, 0.717) is 0 Å². The van der Waals surface area contributed by atoms with E-state index in [9.17, 15) is 0 Å². The van der Waals surface area contributed by atoms with Crippen molar-refractivity contribution in [1.82, 2.24) is 4.98 Å². The summed E-state index contributed by atoms with van der Waals surface area (Å²) in [5, 5.41) is 2.40. The maximum absolute atomic E-state index is 4.43. The Balaban J connectivity index is 2.12. The highest BCUT2D eigenvalue weighted by molar-refractivity contribution is 5.86. The highest BCUT2D eigenvalue weighted by Crippen LogP contribution is 2.18. The Hall–Kier alpha value is -2.74. The van der Waals surface area contributed by atoms with Gasteiger partial charge in [0.25, 0.3) is 0 Å². The van der Waals surface area contributed by atoms with Crippen LogP contribution in [0.15, 0.2) is 79.1 Å². The summed E-state index contributed by atoms with van der Waals surface area (Å²) in [6, 6.07) is 23.0. The minimum absolute atomic E-state index is 1.02. The molecule has 0 aliphatic rings. The van der Waals surface area contributed by atoms with E-state index < -0.39 is 0 Å². The van der Waals surface area contributed by atoms with Crippen LogP contribution in [-0.4, -0.2) is 4.98 Å². The quantitative estimate of drug-likeness (QED) is 0.475. The van der Waals surface area contributed by atoms with E-state index in [1.54, 1.807) is 0 Å². The zero-order chi connectivity index (χ0) is 13.4. The van der Waals surface area contributed by atoms with Crippen LogP contribution >= 0.6 is 0 Å². The van der Waals surface area contributed by atoms with Gasteiger partial charge in [0.1, 0.15) is 0 Å². The fourth-order valence-corrected chi connectivity index (χ4v) is 2.67. The van der Waals surface area contributed by atoms with Crippen molar-refractivity contribution in [2.24, 2.45) is 0 Å². The predicted molar refractivity (Wildman–Crippen MR) is 80.8 cm³/mol. The Bertz CT molecular complexity index is 825. The number of fused-ring (bicyclic) bond motifs is 2. The first-order chi connectivity index (χ1) is 9.93. The summed E-state index contributed by atoms with van der Waals surface area (Å²) >= 11 is 0. The first kappa shape index (κ1) is 11.1. The zero-order valence-corrected chi connectivity index (χ0v) is 10.9. The fraction of sp³-hybridized carbons (Fsp3) is 0. The number of pyridine rings is 2. The molecule has 0 aliphatic heterocycles. The molecule has 20 heavy (non-hydrogen) atoms. The molecule has 0 bridgehead atoms.